The number of benzene rings is 1. The Morgan fingerprint density at radius 2 is 1.79 bits per heavy atom. The van der Waals surface area contributed by atoms with Gasteiger partial charge >= 0.3 is 0 Å². The number of nitrogens with one attached hydrogen (secondary N) is 3. The summed E-state index contributed by atoms with van der Waals surface area (Å²) in [7, 11) is -3.73. The van der Waals surface area contributed by atoms with E-state index < -0.39 is 21.5 Å². The Bertz CT molecular complexity index is 706. The molecule has 8 heteroatoms. The second-order valence-corrected chi connectivity index (χ2v) is 8.47. The SMILES string of the molecule is CC(C)NC(=O)CNC(=O)c1cccc(S(=O)(=O)NC(C)(C)C)c1. The Labute approximate surface area is 143 Å². The first-order valence-corrected chi connectivity index (χ1v) is 9.10. The summed E-state index contributed by atoms with van der Waals surface area (Å²) in [6, 6.07) is 5.65. The number of carbonyl (C=O) groups excluding carboxylic acids is 2. The largest absolute Gasteiger partial charge is 0.352 e. The van der Waals surface area contributed by atoms with Gasteiger partial charge in [-0.25, -0.2) is 13.1 Å². The van der Waals surface area contributed by atoms with E-state index in [1.807, 2.05) is 13.8 Å². The van der Waals surface area contributed by atoms with Crippen LogP contribution >= 0.6 is 0 Å². The minimum absolute atomic E-state index is 0.00305. The fraction of sp³-hybridized carbons (Fsp3) is 0.500. The van der Waals surface area contributed by atoms with E-state index in [0.29, 0.717) is 0 Å². The van der Waals surface area contributed by atoms with Crippen molar-refractivity contribution < 1.29 is 18.0 Å². The van der Waals surface area contributed by atoms with Crippen LogP contribution in [0.4, 0.5) is 0 Å². The molecule has 0 radical (unpaired) electrons. The zero-order chi connectivity index (χ0) is 18.5. The van der Waals surface area contributed by atoms with E-state index in [2.05, 4.69) is 15.4 Å². The number of rotatable bonds is 6. The lowest BCUT2D eigenvalue weighted by atomic mass is 10.1. The molecule has 0 saturated heterocycles. The van der Waals surface area contributed by atoms with Crippen molar-refractivity contribution in [3.05, 3.63) is 29.8 Å². The van der Waals surface area contributed by atoms with Crippen molar-refractivity contribution in [3.63, 3.8) is 0 Å². The number of hydrogen-bond acceptors (Lipinski definition) is 4. The maximum absolute atomic E-state index is 12.3. The van der Waals surface area contributed by atoms with E-state index in [1.54, 1.807) is 20.8 Å². The van der Waals surface area contributed by atoms with Gasteiger partial charge in [-0.2, -0.15) is 0 Å². The van der Waals surface area contributed by atoms with E-state index >= 15 is 0 Å². The molecule has 2 amide bonds. The van der Waals surface area contributed by atoms with Gasteiger partial charge in [0.05, 0.1) is 11.4 Å². The topological polar surface area (TPSA) is 104 Å². The molecule has 0 aliphatic rings. The first-order chi connectivity index (χ1) is 10.9. The molecule has 0 atom stereocenters. The van der Waals surface area contributed by atoms with Gasteiger partial charge in [-0.3, -0.25) is 9.59 Å². The number of amides is 2. The van der Waals surface area contributed by atoms with Gasteiger partial charge in [0.1, 0.15) is 0 Å². The normalized spacial score (nSPS) is 12.1. The fourth-order valence-electron chi connectivity index (χ4n) is 1.90. The van der Waals surface area contributed by atoms with Crippen LogP contribution in [0.5, 0.6) is 0 Å². The Hall–Kier alpha value is -1.93. The highest BCUT2D eigenvalue weighted by Gasteiger charge is 2.22. The first-order valence-electron chi connectivity index (χ1n) is 7.62. The van der Waals surface area contributed by atoms with E-state index in [9.17, 15) is 18.0 Å². The van der Waals surface area contributed by atoms with Gasteiger partial charge in [0.2, 0.25) is 15.9 Å². The van der Waals surface area contributed by atoms with E-state index in [0.717, 1.165) is 0 Å². The van der Waals surface area contributed by atoms with Gasteiger partial charge in [-0.15, -0.1) is 0 Å². The summed E-state index contributed by atoms with van der Waals surface area (Å²) in [5.74, 6) is -0.821. The first kappa shape index (κ1) is 20.1. The predicted molar refractivity (Wildman–Crippen MR) is 92.1 cm³/mol. The molecule has 134 valence electrons. The lowest BCUT2D eigenvalue weighted by Crippen LogP contribution is -2.41. The predicted octanol–water partition coefficient (Wildman–Crippen LogP) is 1.02. The Kier molecular flexibility index (Phi) is 6.50. The fourth-order valence-corrected chi connectivity index (χ4v) is 3.37. The number of sulfonamides is 1. The summed E-state index contributed by atoms with van der Waals surface area (Å²) in [6.45, 7) is 8.65. The highest BCUT2D eigenvalue weighted by molar-refractivity contribution is 7.89. The monoisotopic (exact) mass is 355 g/mol. The van der Waals surface area contributed by atoms with Gasteiger partial charge in [0.25, 0.3) is 5.91 Å². The number of hydrogen-bond donors (Lipinski definition) is 3. The summed E-state index contributed by atoms with van der Waals surface area (Å²) in [4.78, 5) is 23.6. The maximum atomic E-state index is 12.3. The summed E-state index contributed by atoms with van der Waals surface area (Å²) >= 11 is 0. The van der Waals surface area contributed by atoms with Crippen LogP contribution in [-0.4, -0.2) is 38.4 Å². The molecule has 3 N–H and O–H groups in total. The van der Waals surface area contributed by atoms with Crippen molar-refractivity contribution in [2.75, 3.05) is 6.54 Å². The molecule has 0 spiro atoms. The van der Waals surface area contributed by atoms with Crippen LogP contribution in [0.1, 0.15) is 45.0 Å². The Balaban J connectivity index is 2.85. The van der Waals surface area contributed by atoms with Crippen LogP contribution in [0.25, 0.3) is 0 Å². The molecule has 0 heterocycles. The van der Waals surface area contributed by atoms with E-state index in [-0.39, 0.29) is 29.0 Å². The molecule has 0 saturated carbocycles. The lowest BCUT2D eigenvalue weighted by Gasteiger charge is -2.20. The van der Waals surface area contributed by atoms with Crippen molar-refractivity contribution in [3.8, 4) is 0 Å². The van der Waals surface area contributed by atoms with Crippen LogP contribution < -0.4 is 15.4 Å². The third-order valence-corrected chi connectivity index (χ3v) is 4.46. The third kappa shape index (κ3) is 6.67. The molecule has 0 aliphatic carbocycles. The molecule has 1 aromatic rings. The van der Waals surface area contributed by atoms with Gasteiger partial charge in [0, 0.05) is 17.1 Å². The highest BCUT2D eigenvalue weighted by Crippen LogP contribution is 2.14. The molecule has 1 aromatic carbocycles. The smallest absolute Gasteiger partial charge is 0.251 e. The average molecular weight is 355 g/mol. The molecule has 0 fully saturated rings. The molecule has 0 aromatic heterocycles. The van der Waals surface area contributed by atoms with Crippen LogP contribution in [0.15, 0.2) is 29.2 Å². The second kappa shape index (κ2) is 7.76. The van der Waals surface area contributed by atoms with Crippen molar-refractivity contribution in [2.45, 2.75) is 51.1 Å². The summed E-state index contributed by atoms with van der Waals surface area (Å²) < 4.78 is 27.1. The molecule has 0 bridgehead atoms. The second-order valence-electron chi connectivity index (χ2n) is 6.79. The van der Waals surface area contributed by atoms with Crippen LogP contribution in [0.2, 0.25) is 0 Å². The minimum Gasteiger partial charge on any atom is -0.352 e. The average Bonchev–Trinajstić information content (AvgIpc) is 2.41. The zero-order valence-electron chi connectivity index (χ0n) is 14.6. The molecular weight excluding hydrogens is 330 g/mol. The standard InChI is InChI=1S/C16H25N3O4S/c1-11(2)18-14(20)10-17-15(21)12-7-6-8-13(9-12)24(22,23)19-16(3,4)5/h6-9,11,19H,10H2,1-5H3,(H,17,21)(H,18,20). The van der Waals surface area contributed by atoms with Crippen LogP contribution in [0.3, 0.4) is 0 Å². The zero-order valence-corrected chi connectivity index (χ0v) is 15.5. The molecule has 7 nitrogen and oxygen atoms in total. The van der Waals surface area contributed by atoms with Crippen molar-refractivity contribution in [2.24, 2.45) is 0 Å². The van der Waals surface area contributed by atoms with E-state index in [1.165, 1.54) is 24.3 Å². The van der Waals surface area contributed by atoms with Crippen molar-refractivity contribution in [1.82, 2.24) is 15.4 Å². The van der Waals surface area contributed by atoms with E-state index in [4.69, 9.17) is 0 Å². The maximum Gasteiger partial charge on any atom is 0.251 e. The molecule has 24 heavy (non-hydrogen) atoms. The van der Waals surface area contributed by atoms with Gasteiger partial charge < -0.3 is 10.6 Å². The Morgan fingerprint density at radius 3 is 2.33 bits per heavy atom. The van der Waals surface area contributed by atoms with Crippen molar-refractivity contribution in [1.29, 1.82) is 0 Å². The van der Waals surface area contributed by atoms with Crippen molar-refractivity contribution >= 4 is 21.8 Å². The third-order valence-electron chi connectivity index (χ3n) is 2.71. The number of carbonyl (C=O) groups is 2. The summed E-state index contributed by atoms with van der Waals surface area (Å²) in [6.07, 6.45) is 0. The molecular formula is C16H25N3O4S. The van der Waals surface area contributed by atoms with Gasteiger partial charge in [0.15, 0.2) is 0 Å². The molecule has 1 rings (SSSR count). The van der Waals surface area contributed by atoms with Crippen LogP contribution in [-0.2, 0) is 14.8 Å². The minimum atomic E-state index is -3.73. The van der Waals surface area contributed by atoms with Crippen LogP contribution in [0, 0.1) is 0 Å². The Morgan fingerprint density at radius 1 is 1.17 bits per heavy atom. The quantitative estimate of drug-likeness (QED) is 0.708. The van der Waals surface area contributed by atoms with Gasteiger partial charge in [-0.1, -0.05) is 6.07 Å². The highest BCUT2D eigenvalue weighted by atomic mass is 32.2. The molecule has 0 unspecified atom stereocenters. The molecule has 0 aliphatic heterocycles. The summed E-state index contributed by atoms with van der Waals surface area (Å²) in [5.41, 5.74) is -0.462. The van der Waals surface area contributed by atoms with Gasteiger partial charge in [-0.05, 0) is 52.8 Å². The lowest BCUT2D eigenvalue weighted by molar-refractivity contribution is -0.120. The summed E-state index contributed by atoms with van der Waals surface area (Å²) in [5, 5.41) is 5.12.